The molecule has 14 heavy (non-hydrogen) atoms. The van der Waals surface area contributed by atoms with E-state index in [9.17, 15) is 4.79 Å². The highest BCUT2D eigenvalue weighted by atomic mass is 16.6. The molecule has 0 aromatic rings. The average Bonchev–Trinajstić information content (AvgIpc) is 1.99. The van der Waals surface area contributed by atoms with E-state index in [1.807, 2.05) is 27.7 Å². The number of nitrogens with two attached hydrogens (primary N) is 1. The van der Waals surface area contributed by atoms with Crippen LogP contribution in [0.2, 0.25) is 0 Å². The van der Waals surface area contributed by atoms with Crippen molar-refractivity contribution >= 4 is 6.09 Å². The Labute approximate surface area is 85.4 Å². The molecule has 0 aromatic carbocycles. The molecule has 1 rings (SSSR count). The summed E-state index contributed by atoms with van der Waals surface area (Å²) >= 11 is 0. The molecule has 4 nitrogen and oxygen atoms in total. The predicted octanol–water partition coefficient (Wildman–Crippen LogP) is 1.20. The van der Waals surface area contributed by atoms with Gasteiger partial charge in [-0.1, -0.05) is 0 Å². The van der Waals surface area contributed by atoms with Gasteiger partial charge in [0.05, 0.1) is 0 Å². The zero-order chi connectivity index (χ0) is 10.9. The molecule has 1 saturated heterocycles. The van der Waals surface area contributed by atoms with Crippen LogP contribution in [0.3, 0.4) is 0 Å². The number of hydrogen-bond donors (Lipinski definition) is 1. The summed E-state index contributed by atoms with van der Waals surface area (Å²) in [6.07, 6.45) is -0.227. The van der Waals surface area contributed by atoms with E-state index in [1.54, 1.807) is 4.90 Å². The highest BCUT2D eigenvalue weighted by molar-refractivity contribution is 5.69. The van der Waals surface area contributed by atoms with Crippen molar-refractivity contribution in [1.82, 2.24) is 4.90 Å². The molecule has 1 fully saturated rings. The molecule has 1 heterocycles. The zero-order valence-electron chi connectivity index (χ0n) is 9.41. The van der Waals surface area contributed by atoms with Crippen LogP contribution in [-0.2, 0) is 4.74 Å². The second-order valence-electron chi connectivity index (χ2n) is 4.87. The molecule has 2 N–H and O–H groups in total. The van der Waals surface area contributed by atoms with Gasteiger partial charge in [-0.15, -0.1) is 0 Å². The van der Waals surface area contributed by atoms with Crippen molar-refractivity contribution in [3.63, 3.8) is 0 Å². The minimum absolute atomic E-state index is 0.217. The van der Waals surface area contributed by atoms with Crippen molar-refractivity contribution in [2.45, 2.75) is 39.3 Å². The maximum Gasteiger partial charge on any atom is 0.410 e. The summed E-state index contributed by atoms with van der Waals surface area (Å²) in [6.45, 7) is 8.99. The Bertz CT molecular complexity index is 223. The van der Waals surface area contributed by atoms with Crippen molar-refractivity contribution in [2.24, 2.45) is 11.7 Å². The van der Waals surface area contributed by atoms with Crippen molar-refractivity contribution in [3.8, 4) is 0 Å². The fraction of sp³-hybridized carbons (Fsp3) is 0.900. The van der Waals surface area contributed by atoms with E-state index in [0.29, 0.717) is 12.5 Å². The van der Waals surface area contributed by atoms with Crippen molar-refractivity contribution in [3.05, 3.63) is 0 Å². The van der Waals surface area contributed by atoms with Gasteiger partial charge >= 0.3 is 6.09 Å². The molecule has 4 heteroatoms. The molecule has 0 radical (unpaired) electrons. The fourth-order valence-electron chi connectivity index (χ4n) is 1.52. The van der Waals surface area contributed by atoms with Crippen LogP contribution in [0.1, 0.15) is 27.7 Å². The van der Waals surface area contributed by atoms with E-state index in [-0.39, 0.29) is 12.1 Å². The molecule has 1 aliphatic rings. The van der Waals surface area contributed by atoms with Gasteiger partial charge in [0.15, 0.2) is 0 Å². The first-order valence-electron chi connectivity index (χ1n) is 5.05. The van der Waals surface area contributed by atoms with Gasteiger partial charge in [-0.25, -0.2) is 4.79 Å². The number of carbonyl (C=O) groups is 1. The summed E-state index contributed by atoms with van der Waals surface area (Å²) in [7, 11) is 0. The molecular weight excluding hydrogens is 180 g/mol. The molecular formula is C10H20N2O2. The Kier molecular flexibility index (Phi) is 3.04. The summed E-state index contributed by atoms with van der Waals surface area (Å²) in [4.78, 5) is 13.3. The van der Waals surface area contributed by atoms with Gasteiger partial charge in [0.25, 0.3) is 0 Å². The minimum Gasteiger partial charge on any atom is -0.444 e. The zero-order valence-corrected chi connectivity index (χ0v) is 9.41. The molecule has 1 aliphatic heterocycles. The van der Waals surface area contributed by atoms with Gasteiger partial charge in [-0.05, 0) is 34.2 Å². The number of amides is 1. The number of rotatable bonds is 1. The topological polar surface area (TPSA) is 55.6 Å². The summed E-state index contributed by atoms with van der Waals surface area (Å²) < 4.78 is 5.25. The average molecular weight is 200 g/mol. The monoisotopic (exact) mass is 200 g/mol. The highest BCUT2D eigenvalue weighted by Gasteiger charge is 2.39. The van der Waals surface area contributed by atoms with Crippen molar-refractivity contribution < 1.29 is 9.53 Å². The van der Waals surface area contributed by atoms with E-state index in [4.69, 9.17) is 10.5 Å². The van der Waals surface area contributed by atoms with Crippen LogP contribution in [0.5, 0.6) is 0 Å². The van der Waals surface area contributed by atoms with Gasteiger partial charge in [-0.2, -0.15) is 0 Å². The molecule has 0 aromatic heterocycles. The first kappa shape index (κ1) is 11.3. The molecule has 2 atom stereocenters. The van der Waals surface area contributed by atoms with E-state index in [0.717, 1.165) is 6.54 Å². The fourth-order valence-corrected chi connectivity index (χ4v) is 1.52. The number of hydrogen-bond acceptors (Lipinski definition) is 3. The third-order valence-electron chi connectivity index (χ3n) is 2.54. The lowest BCUT2D eigenvalue weighted by Crippen LogP contribution is -2.60. The van der Waals surface area contributed by atoms with E-state index in [1.165, 1.54) is 0 Å². The maximum absolute atomic E-state index is 11.6. The third kappa shape index (κ3) is 2.38. The second kappa shape index (κ2) is 3.77. The molecule has 1 amide bonds. The van der Waals surface area contributed by atoms with Crippen LogP contribution in [0.25, 0.3) is 0 Å². The largest absolute Gasteiger partial charge is 0.444 e. The third-order valence-corrected chi connectivity index (χ3v) is 2.54. The SMILES string of the molecule is C[C@@H]1C(CN)CN1C(=O)OC(C)(C)C. The lowest BCUT2D eigenvalue weighted by molar-refractivity contribution is -0.0227. The lowest BCUT2D eigenvalue weighted by Gasteiger charge is -2.45. The molecule has 0 spiro atoms. The predicted molar refractivity (Wildman–Crippen MR) is 54.9 cm³/mol. The molecule has 0 bridgehead atoms. The smallest absolute Gasteiger partial charge is 0.410 e. The van der Waals surface area contributed by atoms with Crippen molar-refractivity contribution in [2.75, 3.05) is 13.1 Å². The quantitative estimate of drug-likeness (QED) is 0.692. The van der Waals surface area contributed by atoms with Gasteiger partial charge < -0.3 is 15.4 Å². The first-order valence-corrected chi connectivity index (χ1v) is 5.05. The van der Waals surface area contributed by atoms with Gasteiger partial charge in [0.1, 0.15) is 5.60 Å². The normalized spacial score (nSPS) is 27.1. The van der Waals surface area contributed by atoms with Gasteiger partial charge in [0.2, 0.25) is 0 Å². The maximum atomic E-state index is 11.6. The number of nitrogens with zero attached hydrogens (tertiary/aromatic N) is 1. The van der Waals surface area contributed by atoms with Crippen LogP contribution in [0.15, 0.2) is 0 Å². The van der Waals surface area contributed by atoms with E-state index < -0.39 is 5.60 Å². The van der Waals surface area contributed by atoms with Gasteiger partial charge in [-0.3, -0.25) is 0 Å². The van der Waals surface area contributed by atoms with Crippen LogP contribution in [0.4, 0.5) is 4.79 Å². The Morgan fingerprint density at radius 2 is 2.14 bits per heavy atom. The summed E-state index contributed by atoms with van der Waals surface area (Å²) in [5.74, 6) is 0.433. The molecule has 82 valence electrons. The molecule has 0 saturated carbocycles. The standard InChI is InChI=1S/C10H20N2O2/c1-7-8(5-11)6-12(7)9(13)14-10(2,3)4/h7-8H,5-6,11H2,1-4H3/t7-,8?/m1/s1. The number of ether oxygens (including phenoxy) is 1. The summed E-state index contributed by atoms with van der Waals surface area (Å²) in [5, 5.41) is 0. The number of likely N-dealkylation sites (tertiary alicyclic amines) is 1. The highest BCUT2D eigenvalue weighted by Crippen LogP contribution is 2.25. The van der Waals surface area contributed by atoms with Crippen LogP contribution in [0, 0.1) is 5.92 Å². The van der Waals surface area contributed by atoms with E-state index in [2.05, 4.69) is 0 Å². The summed E-state index contributed by atoms with van der Waals surface area (Å²) in [6, 6.07) is 0.217. The number of carbonyl (C=O) groups excluding carboxylic acids is 1. The Morgan fingerprint density at radius 3 is 2.50 bits per heavy atom. The van der Waals surface area contributed by atoms with Crippen LogP contribution in [-0.4, -0.2) is 35.7 Å². The van der Waals surface area contributed by atoms with Crippen molar-refractivity contribution in [1.29, 1.82) is 0 Å². The van der Waals surface area contributed by atoms with E-state index >= 15 is 0 Å². The van der Waals surface area contributed by atoms with Crippen LogP contribution < -0.4 is 5.73 Å². The Morgan fingerprint density at radius 1 is 1.57 bits per heavy atom. The minimum atomic E-state index is -0.412. The lowest BCUT2D eigenvalue weighted by atomic mass is 9.91. The molecule has 1 unspecified atom stereocenters. The van der Waals surface area contributed by atoms with Gasteiger partial charge in [0, 0.05) is 18.5 Å². The first-order chi connectivity index (χ1) is 6.35. The summed E-state index contributed by atoms with van der Waals surface area (Å²) in [5.41, 5.74) is 5.12. The Balaban J connectivity index is 2.42. The second-order valence-corrected chi connectivity index (χ2v) is 4.87. The Hall–Kier alpha value is -0.770. The molecule has 0 aliphatic carbocycles. The van der Waals surface area contributed by atoms with Crippen LogP contribution >= 0.6 is 0 Å².